The second-order valence-corrected chi connectivity index (χ2v) is 15.4. The van der Waals surface area contributed by atoms with Gasteiger partial charge in [0.05, 0.1) is 12.6 Å². The SMILES string of the molecule is CCN(C(=O)OC)c1nc(C(=O)NC2CC2c2ccc(F)cc2)c(CC(C)(C)[Si](C)(C)O)c2ncccc12. The highest BCUT2D eigenvalue weighted by Crippen LogP contribution is 2.43. The van der Waals surface area contributed by atoms with Gasteiger partial charge in [-0.05, 0) is 67.7 Å². The molecule has 1 fully saturated rings. The number of anilines is 1. The van der Waals surface area contributed by atoms with Gasteiger partial charge in [-0.15, -0.1) is 0 Å². The molecule has 4 rings (SSSR count). The molecule has 38 heavy (non-hydrogen) atoms. The molecule has 202 valence electrons. The van der Waals surface area contributed by atoms with Crippen LogP contribution in [-0.2, 0) is 11.2 Å². The first-order chi connectivity index (χ1) is 17.9. The maximum absolute atomic E-state index is 13.8. The Morgan fingerprint density at radius 1 is 1.24 bits per heavy atom. The Kier molecular flexibility index (Phi) is 7.58. The molecular weight excluding hydrogens is 503 g/mol. The summed E-state index contributed by atoms with van der Waals surface area (Å²) >= 11 is 0. The molecule has 8 nitrogen and oxygen atoms in total. The van der Waals surface area contributed by atoms with E-state index >= 15 is 0 Å². The lowest BCUT2D eigenvalue weighted by Crippen LogP contribution is -2.41. The number of aromatic nitrogens is 2. The molecule has 0 saturated heterocycles. The highest BCUT2D eigenvalue weighted by atomic mass is 28.4. The van der Waals surface area contributed by atoms with Crippen molar-refractivity contribution in [1.82, 2.24) is 15.3 Å². The molecule has 0 radical (unpaired) electrons. The molecule has 1 aromatic carbocycles. The van der Waals surface area contributed by atoms with Gasteiger partial charge in [-0.3, -0.25) is 14.7 Å². The molecule has 10 heteroatoms. The van der Waals surface area contributed by atoms with Crippen molar-refractivity contribution in [3.05, 3.63) is 65.2 Å². The normalized spacial score (nSPS) is 17.3. The molecule has 2 atom stereocenters. The maximum atomic E-state index is 13.8. The molecule has 3 aromatic rings. The number of rotatable bonds is 8. The number of carbonyl (C=O) groups is 2. The Morgan fingerprint density at radius 3 is 2.53 bits per heavy atom. The molecule has 1 aliphatic carbocycles. The van der Waals surface area contributed by atoms with Gasteiger partial charge in [-0.1, -0.05) is 26.0 Å². The number of pyridine rings is 2. The summed E-state index contributed by atoms with van der Waals surface area (Å²) in [6.07, 6.45) is 2.16. The van der Waals surface area contributed by atoms with Crippen molar-refractivity contribution in [3.8, 4) is 0 Å². The van der Waals surface area contributed by atoms with E-state index in [0.717, 1.165) is 12.0 Å². The number of carbonyl (C=O) groups excluding carboxylic acids is 2. The number of nitrogens with one attached hydrogen (secondary N) is 1. The van der Waals surface area contributed by atoms with Crippen molar-refractivity contribution < 1.29 is 23.5 Å². The second-order valence-electron chi connectivity index (χ2n) is 11.0. The van der Waals surface area contributed by atoms with Crippen LogP contribution in [0.4, 0.5) is 15.0 Å². The fourth-order valence-electron chi connectivity index (χ4n) is 4.54. The molecule has 0 bridgehead atoms. The molecular formula is C28H35FN4O4Si. The summed E-state index contributed by atoms with van der Waals surface area (Å²) in [6, 6.07) is 9.77. The lowest BCUT2D eigenvalue weighted by Gasteiger charge is -2.35. The van der Waals surface area contributed by atoms with Gasteiger partial charge in [0.1, 0.15) is 17.3 Å². The quantitative estimate of drug-likeness (QED) is 0.384. The largest absolute Gasteiger partial charge is 0.452 e. The summed E-state index contributed by atoms with van der Waals surface area (Å²) in [6.45, 7) is 9.80. The van der Waals surface area contributed by atoms with Gasteiger partial charge >= 0.3 is 6.09 Å². The zero-order valence-electron chi connectivity index (χ0n) is 22.7. The topological polar surface area (TPSA) is 105 Å². The minimum absolute atomic E-state index is 0.0866. The van der Waals surface area contributed by atoms with Crippen LogP contribution in [0.5, 0.6) is 0 Å². The average Bonchev–Trinajstić information content (AvgIpc) is 3.63. The Morgan fingerprint density at radius 2 is 1.92 bits per heavy atom. The number of fused-ring (bicyclic) bond motifs is 1. The van der Waals surface area contributed by atoms with Crippen LogP contribution in [0, 0.1) is 5.82 Å². The number of nitrogens with zero attached hydrogens (tertiary/aromatic N) is 3. The predicted octanol–water partition coefficient (Wildman–Crippen LogP) is 5.17. The van der Waals surface area contributed by atoms with Crippen LogP contribution in [0.2, 0.25) is 18.1 Å². The van der Waals surface area contributed by atoms with E-state index in [1.807, 2.05) is 33.0 Å². The van der Waals surface area contributed by atoms with Crippen LogP contribution in [0.15, 0.2) is 42.6 Å². The van der Waals surface area contributed by atoms with Gasteiger partial charge < -0.3 is 14.8 Å². The number of amides is 2. The van der Waals surface area contributed by atoms with Crippen molar-refractivity contribution >= 4 is 37.0 Å². The van der Waals surface area contributed by atoms with Crippen LogP contribution in [0.3, 0.4) is 0 Å². The van der Waals surface area contributed by atoms with Crippen molar-refractivity contribution in [1.29, 1.82) is 0 Å². The van der Waals surface area contributed by atoms with E-state index in [1.165, 1.54) is 24.1 Å². The van der Waals surface area contributed by atoms with Crippen LogP contribution in [0.25, 0.3) is 10.9 Å². The highest BCUT2D eigenvalue weighted by Gasteiger charge is 2.42. The van der Waals surface area contributed by atoms with E-state index in [4.69, 9.17) is 9.72 Å². The first kappa shape index (κ1) is 27.7. The van der Waals surface area contributed by atoms with Gasteiger partial charge in [0.15, 0.2) is 8.32 Å². The Balaban J connectivity index is 1.80. The average molecular weight is 539 g/mol. The van der Waals surface area contributed by atoms with E-state index < -0.39 is 19.4 Å². The monoisotopic (exact) mass is 538 g/mol. The van der Waals surface area contributed by atoms with Gasteiger partial charge in [-0.2, -0.15) is 0 Å². The van der Waals surface area contributed by atoms with Crippen LogP contribution < -0.4 is 10.2 Å². The highest BCUT2D eigenvalue weighted by molar-refractivity contribution is 6.72. The van der Waals surface area contributed by atoms with E-state index in [1.54, 1.807) is 31.3 Å². The van der Waals surface area contributed by atoms with Crippen molar-refractivity contribution in [2.75, 3.05) is 18.6 Å². The molecule has 0 aliphatic heterocycles. The summed E-state index contributed by atoms with van der Waals surface area (Å²) in [5.74, 6) is -0.300. The fraction of sp³-hybridized carbons (Fsp3) is 0.429. The van der Waals surface area contributed by atoms with E-state index in [9.17, 15) is 18.8 Å². The summed E-state index contributed by atoms with van der Waals surface area (Å²) in [5, 5.41) is 3.20. The first-order valence-electron chi connectivity index (χ1n) is 12.8. The maximum Gasteiger partial charge on any atom is 0.415 e. The zero-order chi connectivity index (χ0) is 27.8. The Hall–Kier alpha value is -3.37. The number of hydrogen-bond donors (Lipinski definition) is 2. The molecule has 1 saturated carbocycles. The summed E-state index contributed by atoms with van der Waals surface area (Å²) in [4.78, 5) is 48.2. The number of halogens is 1. The molecule has 2 unspecified atom stereocenters. The fourth-order valence-corrected chi connectivity index (χ4v) is 5.15. The third-order valence-electron chi connectivity index (χ3n) is 7.70. The number of hydrogen-bond acceptors (Lipinski definition) is 6. The smallest absolute Gasteiger partial charge is 0.415 e. The molecule has 1 aliphatic rings. The van der Waals surface area contributed by atoms with Crippen LogP contribution >= 0.6 is 0 Å². The molecule has 0 spiro atoms. The second kappa shape index (κ2) is 10.4. The third kappa shape index (κ3) is 5.42. The van der Waals surface area contributed by atoms with Gasteiger partial charge in [0.2, 0.25) is 0 Å². The van der Waals surface area contributed by atoms with E-state index in [-0.39, 0.29) is 35.9 Å². The zero-order valence-corrected chi connectivity index (χ0v) is 23.7. The predicted molar refractivity (Wildman–Crippen MR) is 147 cm³/mol. The minimum atomic E-state index is -2.66. The van der Waals surface area contributed by atoms with Gasteiger partial charge in [-0.25, -0.2) is 14.2 Å². The Bertz CT molecular complexity index is 1360. The lowest BCUT2D eigenvalue weighted by atomic mass is 9.97. The van der Waals surface area contributed by atoms with Crippen molar-refractivity contribution in [2.45, 2.75) is 63.7 Å². The number of ether oxygens (including phenoxy) is 1. The molecule has 2 amide bonds. The molecule has 2 N–H and O–H groups in total. The van der Waals surface area contributed by atoms with E-state index in [0.29, 0.717) is 28.7 Å². The summed E-state index contributed by atoms with van der Waals surface area (Å²) in [7, 11) is -1.36. The van der Waals surface area contributed by atoms with Crippen LogP contribution in [0.1, 0.15) is 54.7 Å². The number of methoxy groups -OCH3 is 1. The van der Waals surface area contributed by atoms with Crippen molar-refractivity contribution in [2.24, 2.45) is 0 Å². The first-order valence-corrected chi connectivity index (χ1v) is 15.7. The Labute approximate surface area is 223 Å². The molecule has 2 heterocycles. The molecule has 2 aromatic heterocycles. The minimum Gasteiger partial charge on any atom is -0.452 e. The van der Waals surface area contributed by atoms with E-state index in [2.05, 4.69) is 10.3 Å². The van der Waals surface area contributed by atoms with Crippen molar-refractivity contribution in [3.63, 3.8) is 0 Å². The number of benzene rings is 1. The summed E-state index contributed by atoms with van der Waals surface area (Å²) in [5.41, 5.74) is 2.32. The third-order valence-corrected chi connectivity index (χ3v) is 11.2. The van der Waals surface area contributed by atoms with Crippen LogP contribution in [-0.4, -0.2) is 54.8 Å². The lowest BCUT2D eigenvalue weighted by molar-refractivity contribution is 0.0944. The summed E-state index contributed by atoms with van der Waals surface area (Å²) < 4.78 is 18.3. The van der Waals surface area contributed by atoms with Gasteiger partial charge in [0, 0.05) is 35.7 Å². The standard InChI is InChI=1S/C28H35FN4O4Si/c1-7-33(27(35)37-4)25-19-9-8-14-30-23(19)21(16-28(2,3)38(5,6)36)24(32-25)26(34)31-22-15-20(22)17-10-12-18(29)13-11-17/h8-14,20,22,36H,7,15-16H2,1-6H3,(H,31,34). The van der Waals surface area contributed by atoms with Gasteiger partial charge in [0.25, 0.3) is 5.91 Å².